The molecule has 1 saturated heterocycles. The Labute approximate surface area is 90.6 Å². The molecule has 1 aromatic rings. The van der Waals surface area contributed by atoms with Crippen molar-refractivity contribution in [3.63, 3.8) is 0 Å². The van der Waals surface area contributed by atoms with Crippen LogP contribution in [0.2, 0.25) is 0 Å². The van der Waals surface area contributed by atoms with E-state index in [4.69, 9.17) is 11.2 Å². The van der Waals surface area contributed by atoms with E-state index < -0.39 is 0 Å². The van der Waals surface area contributed by atoms with Crippen molar-refractivity contribution in [3.8, 4) is 12.3 Å². The summed E-state index contributed by atoms with van der Waals surface area (Å²) in [5.41, 5.74) is 0.924. The van der Waals surface area contributed by atoms with Gasteiger partial charge in [0.15, 0.2) is 0 Å². The summed E-state index contributed by atoms with van der Waals surface area (Å²) in [5, 5.41) is 3.37. The highest BCUT2D eigenvalue weighted by Crippen LogP contribution is 2.15. The molecule has 1 fully saturated rings. The topological polar surface area (TPSA) is 21.3 Å². The monoisotopic (exact) mass is 201 g/mol. The number of ether oxygens (including phenoxy) is 1. The molecule has 2 nitrogen and oxygen atoms in total. The molecule has 0 aliphatic carbocycles. The summed E-state index contributed by atoms with van der Waals surface area (Å²) in [6.07, 6.45) is 6.42. The molecule has 78 valence electrons. The van der Waals surface area contributed by atoms with Gasteiger partial charge in [-0.15, -0.1) is 6.42 Å². The largest absolute Gasteiger partial charge is 0.377 e. The average Bonchev–Trinajstić information content (AvgIpc) is 2.32. The smallest absolute Gasteiger partial charge is 0.108 e. The fourth-order valence-corrected chi connectivity index (χ4v) is 1.86. The van der Waals surface area contributed by atoms with Crippen LogP contribution < -0.4 is 5.32 Å². The summed E-state index contributed by atoms with van der Waals surface area (Å²) in [6, 6.07) is 10.3. The first-order valence-corrected chi connectivity index (χ1v) is 5.19. The second-order valence-electron chi connectivity index (χ2n) is 3.87. The van der Waals surface area contributed by atoms with Crippen LogP contribution in [0.4, 0.5) is 0 Å². The van der Waals surface area contributed by atoms with Gasteiger partial charge in [0.1, 0.15) is 5.54 Å². The molecular weight excluding hydrogens is 186 g/mol. The van der Waals surface area contributed by atoms with E-state index >= 15 is 0 Å². The van der Waals surface area contributed by atoms with E-state index in [0.29, 0.717) is 6.61 Å². The molecule has 1 aliphatic rings. The maximum Gasteiger partial charge on any atom is 0.108 e. The van der Waals surface area contributed by atoms with Crippen molar-refractivity contribution in [1.82, 2.24) is 5.32 Å². The van der Waals surface area contributed by atoms with Crippen molar-refractivity contribution in [3.05, 3.63) is 35.9 Å². The molecule has 1 unspecified atom stereocenters. The van der Waals surface area contributed by atoms with Gasteiger partial charge in [-0.05, 0) is 5.56 Å². The van der Waals surface area contributed by atoms with E-state index in [9.17, 15) is 0 Å². The van der Waals surface area contributed by atoms with Gasteiger partial charge in [0.05, 0.1) is 13.2 Å². The number of benzene rings is 1. The van der Waals surface area contributed by atoms with E-state index in [-0.39, 0.29) is 5.54 Å². The maximum absolute atomic E-state index is 5.59. The van der Waals surface area contributed by atoms with Gasteiger partial charge in [-0.2, -0.15) is 0 Å². The molecule has 1 aliphatic heterocycles. The number of morpholine rings is 1. The molecule has 0 saturated carbocycles. The fraction of sp³-hybridized carbons (Fsp3) is 0.385. The van der Waals surface area contributed by atoms with Gasteiger partial charge in [0, 0.05) is 13.0 Å². The van der Waals surface area contributed by atoms with Crippen LogP contribution in [-0.2, 0) is 11.2 Å². The van der Waals surface area contributed by atoms with E-state index in [1.54, 1.807) is 0 Å². The lowest BCUT2D eigenvalue weighted by Crippen LogP contribution is -2.54. The molecule has 1 aromatic carbocycles. The molecule has 15 heavy (non-hydrogen) atoms. The van der Waals surface area contributed by atoms with Gasteiger partial charge in [-0.1, -0.05) is 36.3 Å². The number of rotatable bonds is 2. The van der Waals surface area contributed by atoms with Crippen molar-refractivity contribution in [1.29, 1.82) is 0 Å². The zero-order chi connectivity index (χ0) is 10.6. The highest BCUT2D eigenvalue weighted by molar-refractivity contribution is 5.25. The molecular formula is C13H15NO. The standard InChI is InChI=1S/C13H15NO/c1-2-13(11-15-9-8-14-13)10-12-6-4-3-5-7-12/h1,3-7,14H,8-11H2. The minimum atomic E-state index is -0.320. The summed E-state index contributed by atoms with van der Waals surface area (Å²) in [7, 11) is 0. The van der Waals surface area contributed by atoms with Gasteiger partial charge in [-0.25, -0.2) is 0 Å². The summed E-state index contributed by atoms with van der Waals surface area (Å²) in [4.78, 5) is 0. The number of hydrogen-bond acceptors (Lipinski definition) is 2. The number of nitrogens with one attached hydrogen (secondary N) is 1. The molecule has 0 radical (unpaired) electrons. The number of hydrogen-bond donors (Lipinski definition) is 1. The molecule has 0 spiro atoms. The second-order valence-corrected chi connectivity index (χ2v) is 3.87. The van der Waals surface area contributed by atoms with Crippen LogP contribution in [0, 0.1) is 12.3 Å². The third kappa shape index (κ3) is 2.38. The van der Waals surface area contributed by atoms with E-state index in [0.717, 1.165) is 19.6 Å². The van der Waals surface area contributed by atoms with Crippen molar-refractivity contribution < 1.29 is 4.74 Å². The van der Waals surface area contributed by atoms with Gasteiger partial charge in [0.25, 0.3) is 0 Å². The van der Waals surface area contributed by atoms with E-state index in [1.807, 2.05) is 18.2 Å². The normalized spacial score (nSPS) is 25.8. The Balaban J connectivity index is 2.12. The van der Waals surface area contributed by atoms with Crippen molar-refractivity contribution >= 4 is 0 Å². The SMILES string of the molecule is C#CC1(Cc2ccccc2)COCCN1. The highest BCUT2D eigenvalue weighted by atomic mass is 16.5. The van der Waals surface area contributed by atoms with Crippen LogP contribution in [0.15, 0.2) is 30.3 Å². The molecule has 1 N–H and O–H groups in total. The van der Waals surface area contributed by atoms with Crippen molar-refractivity contribution in [2.24, 2.45) is 0 Å². The predicted octanol–water partition coefficient (Wildman–Crippen LogP) is 1.22. The van der Waals surface area contributed by atoms with Crippen LogP contribution >= 0.6 is 0 Å². The zero-order valence-electron chi connectivity index (χ0n) is 8.70. The Hall–Kier alpha value is -1.30. The van der Waals surface area contributed by atoms with Crippen LogP contribution in [0.3, 0.4) is 0 Å². The van der Waals surface area contributed by atoms with E-state index in [1.165, 1.54) is 5.56 Å². The molecule has 2 heteroatoms. The van der Waals surface area contributed by atoms with Crippen molar-refractivity contribution in [2.75, 3.05) is 19.8 Å². The maximum atomic E-state index is 5.59. The summed E-state index contributed by atoms with van der Waals surface area (Å²) >= 11 is 0. The van der Waals surface area contributed by atoms with Gasteiger partial charge in [0.2, 0.25) is 0 Å². The quantitative estimate of drug-likeness (QED) is 0.726. The Kier molecular flexibility index (Phi) is 3.05. The predicted molar refractivity (Wildman–Crippen MR) is 60.5 cm³/mol. The minimum Gasteiger partial charge on any atom is -0.377 e. The summed E-state index contributed by atoms with van der Waals surface area (Å²) in [5.74, 6) is 2.83. The van der Waals surface area contributed by atoms with E-state index in [2.05, 4.69) is 23.4 Å². The third-order valence-corrected chi connectivity index (χ3v) is 2.68. The zero-order valence-corrected chi connectivity index (χ0v) is 8.70. The molecule has 1 atom stereocenters. The van der Waals surface area contributed by atoms with Gasteiger partial charge in [-0.3, -0.25) is 5.32 Å². The van der Waals surface area contributed by atoms with Crippen LogP contribution in [0.5, 0.6) is 0 Å². The number of terminal acetylenes is 1. The Morgan fingerprint density at radius 2 is 2.20 bits per heavy atom. The Morgan fingerprint density at radius 1 is 1.40 bits per heavy atom. The molecule has 0 bridgehead atoms. The lowest BCUT2D eigenvalue weighted by Gasteiger charge is -2.33. The first-order chi connectivity index (χ1) is 7.35. The molecule has 1 heterocycles. The molecule has 0 amide bonds. The molecule has 0 aromatic heterocycles. The summed E-state index contributed by atoms with van der Waals surface area (Å²) < 4.78 is 5.44. The third-order valence-electron chi connectivity index (χ3n) is 2.68. The Bertz CT molecular complexity index is 347. The van der Waals surface area contributed by atoms with Crippen LogP contribution in [0.1, 0.15) is 5.56 Å². The lowest BCUT2D eigenvalue weighted by molar-refractivity contribution is 0.0520. The Morgan fingerprint density at radius 3 is 2.80 bits per heavy atom. The van der Waals surface area contributed by atoms with Gasteiger partial charge < -0.3 is 4.74 Å². The average molecular weight is 201 g/mol. The first-order valence-electron chi connectivity index (χ1n) is 5.19. The van der Waals surface area contributed by atoms with Crippen molar-refractivity contribution in [2.45, 2.75) is 12.0 Å². The lowest BCUT2D eigenvalue weighted by atomic mass is 9.91. The van der Waals surface area contributed by atoms with Gasteiger partial charge >= 0.3 is 0 Å². The highest BCUT2D eigenvalue weighted by Gasteiger charge is 2.30. The fourth-order valence-electron chi connectivity index (χ4n) is 1.86. The van der Waals surface area contributed by atoms with Crippen LogP contribution in [0.25, 0.3) is 0 Å². The minimum absolute atomic E-state index is 0.320. The molecule has 2 rings (SSSR count). The summed E-state index contributed by atoms with van der Waals surface area (Å²) in [6.45, 7) is 2.17. The first kappa shape index (κ1) is 10.2. The second kappa shape index (κ2) is 4.48. The van der Waals surface area contributed by atoms with Crippen LogP contribution in [-0.4, -0.2) is 25.3 Å².